The van der Waals surface area contributed by atoms with E-state index < -0.39 is 0 Å². The molecule has 0 saturated heterocycles. The number of hydrogen-bond donors (Lipinski definition) is 1. The minimum Gasteiger partial charge on any atom is -0.380 e. The van der Waals surface area contributed by atoms with E-state index in [0.717, 1.165) is 26.3 Å². The van der Waals surface area contributed by atoms with Gasteiger partial charge in [0.05, 0.1) is 6.61 Å². The molecular formula is C14H31NO. The van der Waals surface area contributed by atoms with Gasteiger partial charge in [-0.15, -0.1) is 0 Å². The van der Waals surface area contributed by atoms with E-state index in [-0.39, 0.29) is 0 Å². The van der Waals surface area contributed by atoms with Crippen LogP contribution in [0.4, 0.5) is 0 Å². The second-order valence-corrected chi connectivity index (χ2v) is 4.48. The van der Waals surface area contributed by atoms with E-state index in [1.807, 2.05) is 0 Å². The summed E-state index contributed by atoms with van der Waals surface area (Å²) in [6, 6.07) is 0. The molecule has 0 aliphatic carbocycles. The standard InChI is InChI=1S/C14H31NO/c1-3-5-7-9-11-15-12-14-16-13-10-8-6-4-2/h15H,3-14H2,1-2H3. The van der Waals surface area contributed by atoms with Crippen molar-refractivity contribution in [2.24, 2.45) is 0 Å². The van der Waals surface area contributed by atoms with Crippen LogP contribution in [0.3, 0.4) is 0 Å². The first-order chi connectivity index (χ1) is 7.91. The summed E-state index contributed by atoms with van der Waals surface area (Å²) in [6.07, 6.45) is 10.6. The number of rotatable bonds is 13. The number of nitrogens with one attached hydrogen (secondary N) is 1. The van der Waals surface area contributed by atoms with E-state index in [2.05, 4.69) is 19.2 Å². The molecule has 0 radical (unpaired) electrons. The highest BCUT2D eigenvalue weighted by Gasteiger charge is 1.91. The van der Waals surface area contributed by atoms with Crippen LogP contribution < -0.4 is 5.32 Å². The summed E-state index contributed by atoms with van der Waals surface area (Å²) < 4.78 is 5.55. The van der Waals surface area contributed by atoms with Crippen molar-refractivity contribution in [2.45, 2.75) is 65.2 Å². The first-order valence-electron chi connectivity index (χ1n) is 7.20. The summed E-state index contributed by atoms with van der Waals surface area (Å²) in [7, 11) is 0. The molecule has 0 aliphatic rings. The molecule has 0 saturated carbocycles. The molecule has 0 bridgehead atoms. The second-order valence-electron chi connectivity index (χ2n) is 4.48. The van der Waals surface area contributed by atoms with Gasteiger partial charge in [-0.2, -0.15) is 0 Å². The van der Waals surface area contributed by atoms with Crippen LogP contribution in [0.5, 0.6) is 0 Å². The zero-order chi connectivity index (χ0) is 11.9. The summed E-state index contributed by atoms with van der Waals surface area (Å²) in [5.74, 6) is 0. The van der Waals surface area contributed by atoms with Crippen molar-refractivity contribution in [1.29, 1.82) is 0 Å². The summed E-state index contributed by atoms with van der Waals surface area (Å²) in [6.45, 7) is 8.47. The lowest BCUT2D eigenvalue weighted by molar-refractivity contribution is 0.131. The molecule has 0 aromatic carbocycles. The Morgan fingerprint density at radius 3 is 2.06 bits per heavy atom. The summed E-state index contributed by atoms with van der Waals surface area (Å²) in [5.41, 5.74) is 0. The molecule has 16 heavy (non-hydrogen) atoms. The maximum absolute atomic E-state index is 5.55. The maximum Gasteiger partial charge on any atom is 0.0590 e. The van der Waals surface area contributed by atoms with Crippen molar-refractivity contribution < 1.29 is 4.74 Å². The van der Waals surface area contributed by atoms with Gasteiger partial charge >= 0.3 is 0 Å². The van der Waals surface area contributed by atoms with Crippen LogP contribution in [0.15, 0.2) is 0 Å². The van der Waals surface area contributed by atoms with Gasteiger partial charge < -0.3 is 10.1 Å². The highest BCUT2D eigenvalue weighted by molar-refractivity contribution is 4.48. The second kappa shape index (κ2) is 14.9. The van der Waals surface area contributed by atoms with Crippen molar-refractivity contribution in [3.8, 4) is 0 Å². The normalized spacial score (nSPS) is 10.9. The molecule has 2 nitrogen and oxygen atoms in total. The number of hydrogen-bond acceptors (Lipinski definition) is 2. The predicted molar refractivity (Wildman–Crippen MR) is 72.0 cm³/mol. The Bertz CT molecular complexity index is 103. The third-order valence-corrected chi connectivity index (χ3v) is 2.77. The van der Waals surface area contributed by atoms with Gasteiger partial charge in [-0.1, -0.05) is 52.4 Å². The van der Waals surface area contributed by atoms with Gasteiger partial charge in [0, 0.05) is 13.2 Å². The first-order valence-corrected chi connectivity index (χ1v) is 7.20. The third kappa shape index (κ3) is 13.9. The van der Waals surface area contributed by atoms with Crippen molar-refractivity contribution in [3.05, 3.63) is 0 Å². The fourth-order valence-corrected chi connectivity index (χ4v) is 1.68. The van der Waals surface area contributed by atoms with Crippen LogP contribution in [0, 0.1) is 0 Å². The Hall–Kier alpha value is -0.0800. The van der Waals surface area contributed by atoms with Crippen molar-refractivity contribution in [3.63, 3.8) is 0 Å². The van der Waals surface area contributed by atoms with Gasteiger partial charge in [-0.3, -0.25) is 0 Å². The lowest BCUT2D eigenvalue weighted by Gasteiger charge is -2.05. The molecule has 0 unspecified atom stereocenters. The molecule has 2 heteroatoms. The van der Waals surface area contributed by atoms with Gasteiger partial charge in [0.15, 0.2) is 0 Å². The first kappa shape index (κ1) is 15.9. The molecular weight excluding hydrogens is 198 g/mol. The molecule has 0 aromatic heterocycles. The van der Waals surface area contributed by atoms with Crippen molar-refractivity contribution >= 4 is 0 Å². The van der Waals surface area contributed by atoms with Crippen molar-refractivity contribution in [1.82, 2.24) is 5.32 Å². The average molecular weight is 229 g/mol. The molecule has 98 valence electrons. The molecule has 0 fully saturated rings. The quantitative estimate of drug-likeness (QED) is 0.486. The monoisotopic (exact) mass is 229 g/mol. The van der Waals surface area contributed by atoms with E-state index in [4.69, 9.17) is 4.74 Å². The minimum absolute atomic E-state index is 0.875. The molecule has 0 aliphatic heterocycles. The van der Waals surface area contributed by atoms with Gasteiger partial charge in [0.1, 0.15) is 0 Å². The maximum atomic E-state index is 5.55. The van der Waals surface area contributed by atoms with Crippen molar-refractivity contribution in [2.75, 3.05) is 26.3 Å². The lowest BCUT2D eigenvalue weighted by atomic mass is 10.2. The van der Waals surface area contributed by atoms with E-state index >= 15 is 0 Å². The molecule has 0 rings (SSSR count). The lowest BCUT2D eigenvalue weighted by Crippen LogP contribution is -2.21. The molecule has 0 aromatic rings. The zero-order valence-corrected chi connectivity index (χ0v) is 11.4. The SMILES string of the molecule is CCCCCCNCCOCCCCCC. The molecule has 1 N–H and O–H groups in total. The summed E-state index contributed by atoms with van der Waals surface area (Å²) in [4.78, 5) is 0. The Morgan fingerprint density at radius 2 is 1.38 bits per heavy atom. The summed E-state index contributed by atoms with van der Waals surface area (Å²) in [5, 5.41) is 3.42. The van der Waals surface area contributed by atoms with Crippen LogP contribution in [-0.4, -0.2) is 26.3 Å². The fraction of sp³-hybridized carbons (Fsp3) is 1.00. The number of ether oxygens (including phenoxy) is 1. The number of unbranched alkanes of at least 4 members (excludes halogenated alkanes) is 6. The van der Waals surface area contributed by atoms with E-state index in [1.54, 1.807) is 0 Å². The molecule has 0 amide bonds. The topological polar surface area (TPSA) is 21.3 Å². The third-order valence-electron chi connectivity index (χ3n) is 2.77. The Labute approximate surface area is 102 Å². The van der Waals surface area contributed by atoms with Gasteiger partial charge in [-0.25, -0.2) is 0 Å². The summed E-state index contributed by atoms with van der Waals surface area (Å²) >= 11 is 0. The van der Waals surface area contributed by atoms with Crippen LogP contribution in [-0.2, 0) is 4.74 Å². The fourth-order valence-electron chi connectivity index (χ4n) is 1.68. The molecule has 0 heterocycles. The Balaban J connectivity index is 2.83. The van der Waals surface area contributed by atoms with E-state index in [9.17, 15) is 0 Å². The molecule has 0 atom stereocenters. The van der Waals surface area contributed by atoms with E-state index in [1.165, 1.54) is 51.4 Å². The Morgan fingerprint density at radius 1 is 0.688 bits per heavy atom. The van der Waals surface area contributed by atoms with Crippen LogP contribution in [0.2, 0.25) is 0 Å². The largest absolute Gasteiger partial charge is 0.380 e. The average Bonchev–Trinajstić information content (AvgIpc) is 2.31. The smallest absolute Gasteiger partial charge is 0.0590 e. The molecule has 0 spiro atoms. The zero-order valence-electron chi connectivity index (χ0n) is 11.4. The minimum atomic E-state index is 0.875. The van der Waals surface area contributed by atoms with Gasteiger partial charge in [0.25, 0.3) is 0 Å². The van der Waals surface area contributed by atoms with Crippen LogP contribution in [0.25, 0.3) is 0 Å². The van der Waals surface area contributed by atoms with Crippen LogP contribution >= 0.6 is 0 Å². The highest BCUT2D eigenvalue weighted by Crippen LogP contribution is 1.98. The van der Waals surface area contributed by atoms with Gasteiger partial charge in [-0.05, 0) is 19.4 Å². The predicted octanol–water partition coefficient (Wildman–Crippen LogP) is 3.75. The Kier molecular flexibility index (Phi) is 14.8. The van der Waals surface area contributed by atoms with Gasteiger partial charge in [0.2, 0.25) is 0 Å². The van der Waals surface area contributed by atoms with Crippen LogP contribution in [0.1, 0.15) is 65.2 Å². The highest BCUT2D eigenvalue weighted by atomic mass is 16.5. The van der Waals surface area contributed by atoms with E-state index in [0.29, 0.717) is 0 Å².